The Morgan fingerprint density at radius 2 is 1.77 bits per heavy atom. The van der Waals surface area contributed by atoms with Gasteiger partial charge in [-0.1, -0.05) is 29.8 Å². The van der Waals surface area contributed by atoms with Gasteiger partial charge >= 0.3 is 0 Å². The molecule has 1 atom stereocenters. The van der Waals surface area contributed by atoms with Gasteiger partial charge in [0, 0.05) is 12.3 Å². The summed E-state index contributed by atoms with van der Waals surface area (Å²) >= 11 is 6.22. The summed E-state index contributed by atoms with van der Waals surface area (Å²) in [6.07, 6.45) is 1.61. The molecule has 1 fully saturated rings. The largest absolute Gasteiger partial charge is 0.507 e. The highest BCUT2D eigenvalue weighted by Crippen LogP contribution is 2.44. The minimum absolute atomic E-state index is 0.0607. The number of amides is 1. The molecule has 0 saturated carbocycles. The summed E-state index contributed by atoms with van der Waals surface area (Å²) in [6, 6.07) is 14.3. The lowest BCUT2D eigenvalue weighted by atomic mass is 9.94. The summed E-state index contributed by atoms with van der Waals surface area (Å²) in [7, 11) is 4.36. The van der Waals surface area contributed by atoms with Crippen LogP contribution in [0.25, 0.3) is 5.76 Å². The van der Waals surface area contributed by atoms with Crippen molar-refractivity contribution in [2.75, 3.05) is 21.3 Å². The molecule has 0 radical (unpaired) electrons. The van der Waals surface area contributed by atoms with E-state index in [1.165, 1.54) is 38.4 Å². The van der Waals surface area contributed by atoms with E-state index < -0.39 is 23.5 Å². The molecule has 8 nitrogen and oxygen atoms in total. The third-order valence-corrected chi connectivity index (χ3v) is 6.03. The first-order valence-corrected chi connectivity index (χ1v) is 11.0. The maximum absolute atomic E-state index is 13.3. The molecule has 1 amide bonds. The van der Waals surface area contributed by atoms with Gasteiger partial charge in [-0.2, -0.15) is 0 Å². The molecule has 1 N–H and O–H groups in total. The van der Waals surface area contributed by atoms with E-state index in [-0.39, 0.29) is 34.2 Å². The van der Waals surface area contributed by atoms with Gasteiger partial charge in [0.15, 0.2) is 0 Å². The van der Waals surface area contributed by atoms with Gasteiger partial charge in [0.05, 0.1) is 55.8 Å². The number of hydrogen-bond acceptors (Lipinski definition) is 7. The first-order chi connectivity index (χ1) is 16.9. The van der Waals surface area contributed by atoms with E-state index in [1.807, 2.05) is 0 Å². The second-order valence-electron chi connectivity index (χ2n) is 7.71. The van der Waals surface area contributed by atoms with E-state index in [1.54, 1.807) is 48.7 Å². The van der Waals surface area contributed by atoms with E-state index in [9.17, 15) is 14.7 Å². The lowest BCUT2D eigenvalue weighted by molar-refractivity contribution is -0.140. The molecule has 1 aliphatic heterocycles. The number of Topliss-reactive ketones (excluding diaryl/α,β-unsaturated/α-hetero) is 1. The van der Waals surface area contributed by atoms with E-state index in [4.69, 9.17) is 25.8 Å². The molecule has 1 saturated heterocycles. The van der Waals surface area contributed by atoms with Gasteiger partial charge in [0.2, 0.25) is 0 Å². The Morgan fingerprint density at radius 3 is 2.43 bits per heavy atom. The normalized spacial score (nSPS) is 16.9. The fraction of sp³-hybridized carbons (Fsp3) is 0.192. The number of pyridine rings is 1. The van der Waals surface area contributed by atoms with Gasteiger partial charge in [-0.15, -0.1) is 0 Å². The summed E-state index contributed by atoms with van der Waals surface area (Å²) in [6.45, 7) is 0.0607. The number of likely N-dealkylation sites (tertiary alicyclic amines) is 1. The van der Waals surface area contributed by atoms with Gasteiger partial charge in [-0.05, 0) is 35.9 Å². The lowest BCUT2D eigenvalue weighted by Crippen LogP contribution is -2.29. The molecule has 9 heteroatoms. The maximum Gasteiger partial charge on any atom is 0.296 e. The van der Waals surface area contributed by atoms with Crippen LogP contribution in [0.15, 0.2) is 66.4 Å². The van der Waals surface area contributed by atoms with Crippen LogP contribution in [0.1, 0.15) is 22.9 Å². The van der Waals surface area contributed by atoms with Gasteiger partial charge in [0.1, 0.15) is 23.0 Å². The minimum Gasteiger partial charge on any atom is -0.507 e. The molecule has 1 aliphatic rings. The van der Waals surface area contributed by atoms with Crippen LogP contribution < -0.4 is 14.2 Å². The van der Waals surface area contributed by atoms with Crippen LogP contribution in [0.5, 0.6) is 17.2 Å². The first kappa shape index (κ1) is 24.1. The molecular weight excluding hydrogens is 472 g/mol. The number of ketones is 1. The van der Waals surface area contributed by atoms with Crippen LogP contribution in [0.2, 0.25) is 5.02 Å². The number of ether oxygens (including phenoxy) is 3. The van der Waals surface area contributed by atoms with Crippen molar-refractivity contribution >= 4 is 29.1 Å². The Bertz CT molecular complexity index is 1310. The summed E-state index contributed by atoms with van der Waals surface area (Å²) in [4.78, 5) is 32.2. The number of aliphatic hydroxyl groups excluding tert-OH is 1. The topological polar surface area (TPSA) is 98.2 Å². The monoisotopic (exact) mass is 494 g/mol. The van der Waals surface area contributed by atoms with Crippen molar-refractivity contribution in [1.82, 2.24) is 9.88 Å². The van der Waals surface area contributed by atoms with Crippen molar-refractivity contribution in [2.24, 2.45) is 0 Å². The molecular formula is C26H23ClN2O6. The van der Waals surface area contributed by atoms with Gasteiger partial charge < -0.3 is 24.2 Å². The number of halogens is 1. The zero-order valence-corrected chi connectivity index (χ0v) is 20.1. The molecule has 0 bridgehead atoms. The maximum atomic E-state index is 13.3. The van der Waals surface area contributed by atoms with Crippen molar-refractivity contribution < 1.29 is 28.9 Å². The van der Waals surface area contributed by atoms with Crippen LogP contribution in [0, 0.1) is 0 Å². The van der Waals surface area contributed by atoms with E-state index in [0.717, 1.165) is 0 Å². The highest BCUT2D eigenvalue weighted by molar-refractivity contribution is 6.46. The van der Waals surface area contributed by atoms with E-state index in [0.29, 0.717) is 17.0 Å². The number of nitrogens with zero attached hydrogens (tertiary/aromatic N) is 2. The number of rotatable bonds is 7. The summed E-state index contributed by atoms with van der Waals surface area (Å²) < 4.78 is 16.0. The fourth-order valence-corrected chi connectivity index (χ4v) is 4.29. The Labute approximate surface area is 207 Å². The average Bonchev–Trinajstić information content (AvgIpc) is 3.13. The molecule has 2 heterocycles. The molecule has 0 spiro atoms. The standard InChI is InChI=1S/C26H23ClN2O6/c1-33-17-9-6-7-15(11-17)23-22(24(30)18-12-21(35-3)19(27)13-20(18)34-2)25(31)26(32)29(23)14-16-8-4-5-10-28-16/h4-13,23,30H,14H2,1-3H3/b24-22+. The highest BCUT2D eigenvalue weighted by Gasteiger charge is 2.46. The van der Waals surface area contributed by atoms with Crippen LogP contribution in [-0.2, 0) is 16.1 Å². The highest BCUT2D eigenvalue weighted by atomic mass is 35.5. The Kier molecular flexibility index (Phi) is 6.93. The van der Waals surface area contributed by atoms with Crippen LogP contribution in [0.4, 0.5) is 0 Å². The predicted molar refractivity (Wildman–Crippen MR) is 130 cm³/mol. The number of carbonyl (C=O) groups excluding carboxylic acids is 2. The summed E-state index contributed by atoms with van der Waals surface area (Å²) in [5.41, 5.74) is 1.24. The van der Waals surface area contributed by atoms with Gasteiger partial charge in [0.25, 0.3) is 11.7 Å². The third-order valence-electron chi connectivity index (χ3n) is 5.74. The van der Waals surface area contributed by atoms with Crippen molar-refractivity contribution in [3.63, 3.8) is 0 Å². The molecule has 3 aromatic rings. The van der Waals surface area contributed by atoms with Crippen molar-refractivity contribution in [2.45, 2.75) is 12.6 Å². The smallest absolute Gasteiger partial charge is 0.296 e. The van der Waals surface area contributed by atoms with Crippen molar-refractivity contribution in [3.8, 4) is 17.2 Å². The summed E-state index contributed by atoms with van der Waals surface area (Å²) in [5, 5.41) is 11.7. The van der Waals surface area contributed by atoms with Crippen LogP contribution in [-0.4, -0.2) is 48.0 Å². The Hall–Kier alpha value is -4.04. The summed E-state index contributed by atoms with van der Waals surface area (Å²) in [5.74, 6) is -0.974. The lowest BCUT2D eigenvalue weighted by Gasteiger charge is -2.25. The number of carbonyl (C=O) groups is 2. The first-order valence-electron chi connectivity index (χ1n) is 10.6. The number of aliphatic hydroxyl groups is 1. The van der Waals surface area contributed by atoms with Crippen molar-refractivity contribution in [3.05, 3.63) is 88.2 Å². The van der Waals surface area contributed by atoms with Crippen LogP contribution >= 0.6 is 11.6 Å². The number of hydrogen-bond donors (Lipinski definition) is 1. The van der Waals surface area contributed by atoms with Crippen LogP contribution in [0.3, 0.4) is 0 Å². The zero-order valence-electron chi connectivity index (χ0n) is 19.3. The third kappa shape index (κ3) is 4.52. The quantitative estimate of drug-likeness (QED) is 0.295. The molecule has 0 aliphatic carbocycles. The van der Waals surface area contributed by atoms with E-state index in [2.05, 4.69) is 4.98 Å². The Balaban J connectivity index is 1.94. The molecule has 1 aromatic heterocycles. The molecule has 1 unspecified atom stereocenters. The van der Waals surface area contributed by atoms with Gasteiger partial charge in [-0.3, -0.25) is 14.6 Å². The minimum atomic E-state index is -0.904. The van der Waals surface area contributed by atoms with E-state index >= 15 is 0 Å². The van der Waals surface area contributed by atoms with Crippen molar-refractivity contribution in [1.29, 1.82) is 0 Å². The number of benzene rings is 2. The molecule has 180 valence electrons. The molecule has 2 aromatic carbocycles. The second kappa shape index (κ2) is 10.1. The number of aromatic nitrogens is 1. The second-order valence-corrected chi connectivity index (χ2v) is 8.12. The molecule has 35 heavy (non-hydrogen) atoms. The van der Waals surface area contributed by atoms with Gasteiger partial charge in [-0.25, -0.2) is 0 Å². The molecule has 4 rings (SSSR count). The number of methoxy groups -OCH3 is 3. The zero-order chi connectivity index (χ0) is 25.1. The Morgan fingerprint density at radius 1 is 1.00 bits per heavy atom. The average molecular weight is 495 g/mol. The predicted octanol–water partition coefficient (Wildman–Crippen LogP) is 4.38. The SMILES string of the molecule is COc1cccc(C2/C(=C(\O)c3cc(OC)c(Cl)cc3OC)C(=O)C(=O)N2Cc2ccccn2)c1. The fourth-order valence-electron chi connectivity index (χ4n) is 4.06.